The van der Waals surface area contributed by atoms with Gasteiger partial charge in [0.05, 0.1) is 12.7 Å². The number of nitrogens with one attached hydrogen (secondary N) is 1. The van der Waals surface area contributed by atoms with Gasteiger partial charge in [-0.05, 0) is 20.8 Å². The first-order valence-electron chi connectivity index (χ1n) is 5.38. The fourth-order valence-corrected chi connectivity index (χ4v) is 1.09. The molecule has 1 heterocycles. The molecule has 2 N–H and O–H groups in total. The normalized spacial score (nSPS) is 11.1. The van der Waals surface area contributed by atoms with Crippen molar-refractivity contribution in [3.05, 3.63) is 11.9 Å². The van der Waals surface area contributed by atoms with Gasteiger partial charge in [0.1, 0.15) is 5.60 Å². The molecule has 100 valence electrons. The minimum atomic E-state index is -1.14. The Morgan fingerprint density at radius 1 is 1.50 bits per heavy atom. The summed E-state index contributed by atoms with van der Waals surface area (Å²) in [5, 5.41) is 18.2. The van der Waals surface area contributed by atoms with Crippen LogP contribution in [0.1, 0.15) is 31.3 Å². The van der Waals surface area contributed by atoms with E-state index in [1.54, 1.807) is 20.8 Å². The maximum atomic E-state index is 11.3. The van der Waals surface area contributed by atoms with Crippen LogP contribution < -0.4 is 5.32 Å². The van der Waals surface area contributed by atoms with E-state index >= 15 is 0 Å². The minimum Gasteiger partial charge on any atom is -0.476 e. The van der Waals surface area contributed by atoms with Crippen molar-refractivity contribution < 1.29 is 19.4 Å². The van der Waals surface area contributed by atoms with Gasteiger partial charge in [0.15, 0.2) is 5.69 Å². The molecule has 0 saturated heterocycles. The molecule has 0 bridgehead atoms. The molecule has 1 aromatic rings. The summed E-state index contributed by atoms with van der Waals surface area (Å²) < 4.78 is 6.36. The molecule has 0 aliphatic heterocycles. The number of hydrogen-bond donors (Lipinski definition) is 2. The van der Waals surface area contributed by atoms with Crippen LogP contribution in [0.5, 0.6) is 0 Å². The van der Waals surface area contributed by atoms with Crippen molar-refractivity contribution in [3.8, 4) is 0 Å². The molecule has 0 aromatic carbocycles. The van der Waals surface area contributed by atoms with Crippen LogP contribution in [-0.4, -0.2) is 44.3 Å². The first-order valence-corrected chi connectivity index (χ1v) is 5.38. The Balaban J connectivity index is 2.33. The molecule has 0 saturated carbocycles. The predicted molar refractivity (Wildman–Crippen MR) is 61.2 cm³/mol. The van der Waals surface area contributed by atoms with E-state index in [1.165, 1.54) is 10.9 Å². The van der Waals surface area contributed by atoms with Gasteiger partial charge < -0.3 is 15.2 Å². The van der Waals surface area contributed by atoms with E-state index in [9.17, 15) is 9.59 Å². The highest BCUT2D eigenvalue weighted by molar-refractivity contribution is 5.84. The summed E-state index contributed by atoms with van der Waals surface area (Å²) in [6.07, 6.45) is 0.764. The molecule has 8 nitrogen and oxygen atoms in total. The van der Waals surface area contributed by atoms with Crippen LogP contribution in [0.2, 0.25) is 0 Å². The van der Waals surface area contributed by atoms with Crippen molar-refractivity contribution in [3.63, 3.8) is 0 Å². The van der Waals surface area contributed by atoms with E-state index in [2.05, 4.69) is 15.6 Å². The Morgan fingerprint density at radius 3 is 2.67 bits per heavy atom. The Labute approximate surface area is 104 Å². The average molecular weight is 256 g/mol. The predicted octanol–water partition coefficient (Wildman–Crippen LogP) is 0.501. The van der Waals surface area contributed by atoms with Gasteiger partial charge in [-0.3, -0.25) is 0 Å². The summed E-state index contributed by atoms with van der Waals surface area (Å²) in [4.78, 5) is 21.8. The molecule has 0 spiro atoms. The summed E-state index contributed by atoms with van der Waals surface area (Å²) in [5.74, 6) is -1.14. The zero-order valence-corrected chi connectivity index (χ0v) is 10.5. The number of aromatic nitrogens is 3. The van der Waals surface area contributed by atoms with Crippen molar-refractivity contribution in [2.45, 2.75) is 32.9 Å². The van der Waals surface area contributed by atoms with E-state index < -0.39 is 17.7 Å². The van der Waals surface area contributed by atoms with Crippen LogP contribution in [0.4, 0.5) is 4.79 Å². The number of carboxylic acids is 1. The van der Waals surface area contributed by atoms with Gasteiger partial charge in [0, 0.05) is 6.54 Å². The van der Waals surface area contributed by atoms with Crippen molar-refractivity contribution in [2.24, 2.45) is 0 Å². The second kappa shape index (κ2) is 5.48. The smallest absolute Gasteiger partial charge is 0.407 e. The lowest BCUT2D eigenvalue weighted by Gasteiger charge is -2.19. The number of nitrogens with zero attached hydrogens (tertiary/aromatic N) is 3. The topological polar surface area (TPSA) is 106 Å². The highest BCUT2D eigenvalue weighted by atomic mass is 16.6. The van der Waals surface area contributed by atoms with Crippen LogP contribution in [0.15, 0.2) is 6.20 Å². The van der Waals surface area contributed by atoms with Crippen molar-refractivity contribution in [2.75, 3.05) is 6.54 Å². The van der Waals surface area contributed by atoms with Gasteiger partial charge in [-0.25, -0.2) is 14.3 Å². The molecule has 0 atom stereocenters. The number of hydrogen-bond acceptors (Lipinski definition) is 5. The largest absolute Gasteiger partial charge is 0.476 e. The number of rotatable bonds is 4. The summed E-state index contributed by atoms with van der Waals surface area (Å²) in [6.45, 7) is 5.90. The SMILES string of the molecule is CC(C)(C)OC(=O)NCCn1cc(C(=O)O)nn1. The Morgan fingerprint density at radius 2 is 2.17 bits per heavy atom. The van der Waals surface area contributed by atoms with Gasteiger partial charge in [-0.1, -0.05) is 5.21 Å². The molecule has 0 aliphatic rings. The first kappa shape index (κ1) is 13.9. The molecular formula is C10H16N4O4. The Bertz CT molecular complexity index is 435. The third-order valence-corrected chi connectivity index (χ3v) is 1.77. The van der Waals surface area contributed by atoms with Crippen molar-refractivity contribution >= 4 is 12.1 Å². The second-order valence-electron chi connectivity index (χ2n) is 4.60. The number of aromatic carboxylic acids is 1. The van der Waals surface area contributed by atoms with Gasteiger partial charge in [0.25, 0.3) is 0 Å². The van der Waals surface area contributed by atoms with Crippen molar-refractivity contribution in [1.29, 1.82) is 0 Å². The number of carboxylic acid groups (broad SMARTS) is 1. The average Bonchev–Trinajstić information content (AvgIpc) is 2.63. The van der Waals surface area contributed by atoms with E-state index in [1.807, 2.05) is 0 Å². The molecule has 18 heavy (non-hydrogen) atoms. The van der Waals surface area contributed by atoms with E-state index in [0.29, 0.717) is 6.54 Å². The van der Waals surface area contributed by atoms with Crippen LogP contribution in [-0.2, 0) is 11.3 Å². The molecule has 0 fully saturated rings. The lowest BCUT2D eigenvalue weighted by molar-refractivity contribution is 0.0524. The quantitative estimate of drug-likeness (QED) is 0.812. The zero-order valence-electron chi connectivity index (χ0n) is 10.5. The van der Waals surface area contributed by atoms with Crippen molar-refractivity contribution in [1.82, 2.24) is 20.3 Å². The van der Waals surface area contributed by atoms with Gasteiger partial charge in [0.2, 0.25) is 0 Å². The molecule has 0 unspecified atom stereocenters. The number of ether oxygens (including phenoxy) is 1. The lowest BCUT2D eigenvalue weighted by atomic mass is 10.2. The standard InChI is InChI=1S/C10H16N4O4/c1-10(2,3)18-9(17)11-4-5-14-6-7(8(15)16)12-13-14/h6H,4-5H2,1-3H3,(H,11,17)(H,15,16). The highest BCUT2D eigenvalue weighted by Crippen LogP contribution is 2.06. The minimum absolute atomic E-state index is 0.132. The summed E-state index contributed by atoms with van der Waals surface area (Å²) >= 11 is 0. The number of carbonyl (C=O) groups is 2. The Kier molecular flexibility index (Phi) is 4.24. The number of amides is 1. The highest BCUT2D eigenvalue weighted by Gasteiger charge is 2.15. The molecule has 1 aromatic heterocycles. The lowest BCUT2D eigenvalue weighted by Crippen LogP contribution is -2.34. The molecule has 0 aliphatic carbocycles. The summed E-state index contributed by atoms with van der Waals surface area (Å²) in [7, 11) is 0. The van der Waals surface area contributed by atoms with Crippen LogP contribution >= 0.6 is 0 Å². The molecule has 0 radical (unpaired) electrons. The first-order chi connectivity index (χ1) is 8.28. The summed E-state index contributed by atoms with van der Waals surface area (Å²) in [5.41, 5.74) is -0.680. The van der Waals surface area contributed by atoms with E-state index in [0.717, 1.165) is 0 Å². The molecule has 1 rings (SSSR count). The monoisotopic (exact) mass is 256 g/mol. The third kappa shape index (κ3) is 4.81. The molecule has 1 amide bonds. The van der Waals surface area contributed by atoms with E-state index in [4.69, 9.17) is 9.84 Å². The molecular weight excluding hydrogens is 240 g/mol. The third-order valence-electron chi connectivity index (χ3n) is 1.77. The molecule has 8 heteroatoms. The van der Waals surface area contributed by atoms with Crippen LogP contribution in [0.3, 0.4) is 0 Å². The number of carbonyl (C=O) groups excluding carboxylic acids is 1. The van der Waals surface area contributed by atoms with Gasteiger partial charge >= 0.3 is 12.1 Å². The number of alkyl carbamates (subject to hydrolysis) is 1. The fourth-order valence-electron chi connectivity index (χ4n) is 1.09. The van der Waals surface area contributed by atoms with Crippen LogP contribution in [0, 0.1) is 0 Å². The fraction of sp³-hybridized carbons (Fsp3) is 0.600. The maximum Gasteiger partial charge on any atom is 0.407 e. The Hall–Kier alpha value is -2.12. The van der Waals surface area contributed by atoms with E-state index in [-0.39, 0.29) is 12.2 Å². The zero-order chi connectivity index (χ0) is 13.8. The maximum absolute atomic E-state index is 11.3. The summed E-state index contributed by atoms with van der Waals surface area (Å²) in [6, 6.07) is 0. The van der Waals surface area contributed by atoms with Gasteiger partial charge in [-0.15, -0.1) is 5.10 Å². The second-order valence-corrected chi connectivity index (χ2v) is 4.60. The van der Waals surface area contributed by atoms with Gasteiger partial charge in [-0.2, -0.15) is 0 Å². The van der Waals surface area contributed by atoms with Crippen LogP contribution in [0.25, 0.3) is 0 Å².